The van der Waals surface area contributed by atoms with Crippen molar-refractivity contribution >= 4 is 0 Å². The lowest BCUT2D eigenvalue weighted by Crippen LogP contribution is -1.92. The van der Waals surface area contributed by atoms with Gasteiger partial charge in [-0.25, -0.2) is 4.39 Å². The largest absolute Gasteiger partial charge is 0.207 e. The van der Waals surface area contributed by atoms with Crippen LogP contribution in [0.5, 0.6) is 0 Å². The summed E-state index contributed by atoms with van der Waals surface area (Å²) in [6, 6.07) is 5.53. The van der Waals surface area contributed by atoms with E-state index in [-0.39, 0.29) is 5.82 Å². The molecule has 0 saturated carbocycles. The van der Waals surface area contributed by atoms with Crippen LogP contribution in [0.15, 0.2) is 18.2 Å². The molecule has 1 aromatic rings. The van der Waals surface area contributed by atoms with Gasteiger partial charge < -0.3 is 0 Å². The molecule has 0 aliphatic rings. The van der Waals surface area contributed by atoms with Crippen molar-refractivity contribution in [3.8, 4) is 0 Å². The second-order valence-corrected chi connectivity index (χ2v) is 3.36. The van der Waals surface area contributed by atoms with Crippen LogP contribution in [0.1, 0.15) is 37.8 Å². The highest BCUT2D eigenvalue weighted by Crippen LogP contribution is 2.17. The van der Waals surface area contributed by atoms with E-state index in [4.69, 9.17) is 0 Å². The topological polar surface area (TPSA) is 0 Å². The molecule has 0 N–H and O–H groups in total. The van der Waals surface area contributed by atoms with Crippen LogP contribution >= 0.6 is 0 Å². The molecule has 0 nitrogen and oxygen atoms in total. The fourth-order valence-corrected chi connectivity index (χ4v) is 1.21. The fraction of sp³-hybridized carbons (Fsp3) is 0.455. The van der Waals surface area contributed by atoms with Crippen LogP contribution in [-0.2, 0) is 6.42 Å². The quantitative estimate of drug-likeness (QED) is 0.630. The standard InChI is InChI=1S/C11H15F/c1-4-9-5-6-10(8(2)3)7-11(9)12/h5-8H,4H2,1-3H3. The summed E-state index contributed by atoms with van der Waals surface area (Å²) in [4.78, 5) is 0. The zero-order valence-corrected chi connectivity index (χ0v) is 7.89. The van der Waals surface area contributed by atoms with Gasteiger partial charge in [-0.3, -0.25) is 0 Å². The molecule has 0 bridgehead atoms. The lowest BCUT2D eigenvalue weighted by molar-refractivity contribution is 0.608. The second kappa shape index (κ2) is 3.70. The number of hydrogen-bond donors (Lipinski definition) is 0. The first-order valence-electron chi connectivity index (χ1n) is 4.43. The lowest BCUT2D eigenvalue weighted by Gasteiger charge is -2.06. The van der Waals surface area contributed by atoms with Gasteiger partial charge in [-0.05, 0) is 29.5 Å². The van der Waals surface area contributed by atoms with E-state index < -0.39 is 0 Å². The van der Waals surface area contributed by atoms with Crippen LogP contribution in [0, 0.1) is 5.82 Å². The van der Waals surface area contributed by atoms with Gasteiger partial charge in [-0.15, -0.1) is 0 Å². The maximum atomic E-state index is 13.2. The minimum absolute atomic E-state index is 0.0660. The number of hydrogen-bond acceptors (Lipinski definition) is 0. The number of aryl methyl sites for hydroxylation is 1. The molecule has 0 heterocycles. The van der Waals surface area contributed by atoms with Crippen LogP contribution < -0.4 is 0 Å². The molecular formula is C11H15F. The van der Waals surface area contributed by atoms with Crippen molar-refractivity contribution in [2.75, 3.05) is 0 Å². The van der Waals surface area contributed by atoms with E-state index in [1.165, 1.54) is 0 Å². The smallest absolute Gasteiger partial charge is 0.126 e. The summed E-state index contributed by atoms with van der Waals surface area (Å²) >= 11 is 0. The molecule has 0 radical (unpaired) electrons. The summed E-state index contributed by atoms with van der Waals surface area (Å²) in [6.07, 6.45) is 0.768. The Bertz CT molecular complexity index is 264. The van der Waals surface area contributed by atoms with Crippen LogP contribution in [0.3, 0.4) is 0 Å². The molecule has 0 spiro atoms. The van der Waals surface area contributed by atoms with Gasteiger partial charge in [0.25, 0.3) is 0 Å². The van der Waals surface area contributed by atoms with Gasteiger partial charge in [0.2, 0.25) is 0 Å². The van der Waals surface area contributed by atoms with Crippen LogP contribution in [0.4, 0.5) is 4.39 Å². The monoisotopic (exact) mass is 166 g/mol. The molecule has 0 aromatic heterocycles. The van der Waals surface area contributed by atoms with Crippen molar-refractivity contribution in [2.24, 2.45) is 0 Å². The summed E-state index contributed by atoms with van der Waals surface area (Å²) < 4.78 is 13.2. The van der Waals surface area contributed by atoms with E-state index in [9.17, 15) is 4.39 Å². The van der Waals surface area contributed by atoms with E-state index in [1.54, 1.807) is 6.07 Å². The zero-order valence-electron chi connectivity index (χ0n) is 7.89. The van der Waals surface area contributed by atoms with Crippen LogP contribution in [-0.4, -0.2) is 0 Å². The van der Waals surface area contributed by atoms with Gasteiger partial charge in [-0.1, -0.05) is 32.9 Å². The van der Waals surface area contributed by atoms with Crippen molar-refractivity contribution in [1.29, 1.82) is 0 Å². The number of halogens is 1. The van der Waals surface area contributed by atoms with Gasteiger partial charge in [0.05, 0.1) is 0 Å². The number of benzene rings is 1. The highest BCUT2D eigenvalue weighted by Gasteiger charge is 2.03. The Kier molecular flexibility index (Phi) is 2.85. The first-order valence-corrected chi connectivity index (χ1v) is 4.43. The molecule has 1 aromatic carbocycles. The summed E-state index contributed by atoms with van der Waals surface area (Å²) in [6.45, 7) is 6.11. The van der Waals surface area contributed by atoms with Crippen molar-refractivity contribution < 1.29 is 4.39 Å². The number of rotatable bonds is 2. The van der Waals surface area contributed by atoms with E-state index in [0.717, 1.165) is 17.5 Å². The third-order valence-corrected chi connectivity index (χ3v) is 2.12. The SMILES string of the molecule is CCc1ccc(C(C)C)cc1F. The first kappa shape index (κ1) is 9.24. The second-order valence-electron chi connectivity index (χ2n) is 3.36. The Hall–Kier alpha value is -0.850. The molecule has 66 valence electrons. The van der Waals surface area contributed by atoms with Crippen molar-refractivity contribution in [3.05, 3.63) is 35.1 Å². The maximum Gasteiger partial charge on any atom is 0.126 e. The Balaban J connectivity index is 3.02. The molecule has 0 atom stereocenters. The molecule has 0 aliphatic carbocycles. The summed E-state index contributed by atoms with van der Waals surface area (Å²) in [7, 11) is 0. The van der Waals surface area contributed by atoms with Crippen molar-refractivity contribution in [1.82, 2.24) is 0 Å². The molecule has 1 heteroatoms. The molecule has 0 fully saturated rings. The molecule has 0 unspecified atom stereocenters. The van der Waals surface area contributed by atoms with E-state index in [0.29, 0.717) is 5.92 Å². The minimum atomic E-state index is -0.0660. The van der Waals surface area contributed by atoms with Gasteiger partial charge in [0.1, 0.15) is 5.82 Å². The van der Waals surface area contributed by atoms with Crippen LogP contribution in [0.2, 0.25) is 0 Å². The van der Waals surface area contributed by atoms with Crippen molar-refractivity contribution in [3.63, 3.8) is 0 Å². The Morgan fingerprint density at radius 3 is 2.42 bits per heavy atom. The van der Waals surface area contributed by atoms with Gasteiger partial charge in [0.15, 0.2) is 0 Å². The molecular weight excluding hydrogens is 151 g/mol. The molecule has 12 heavy (non-hydrogen) atoms. The molecule has 1 rings (SSSR count). The summed E-state index contributed by atoms with van der Waals surface area (Å²) in [5, 5.41) is 0. The average molecular weight is 166 g/mol. The Morgan fingerprint density at radius 1 is 1.33 bits per heavy atom. The maximum absolute atomic E-state index is 13.2. The predicted octanol–water partition coefficient (Wildman–Crippen LogP) is 3.51. The van der Waals surface area contributed by atoms with Gasteiger partial charge in [0, 0.05) is 0 Å². The van der Waals surface area contributed by atoms with E-state index >= 15 is 0 Å². The van der Waals surface area contributed by atoms with E-state index in [1.807, 2.05) is 19.1 Å². The first-order chi connectivity index (χ1) is 5.65. The minimum Gasteiger partial charge on any atom is -0.207 e. The third-order valence-electron chi connectivity index (χ3n) is 2.12. The normalized spacial score (nSPS) is 10.8. The Morgan fingerprint density at radius 2 is 2.00 bits per heavy atom. The molecule has 0 saturated heterocycles. The average Bonchev–Trinajstić information content (AvgIpc) is 2.04. The van der Waals surface area contributed by atoms with E-state index in [2.05, 4.69) is 13.8 Å². The molecule has 0 aliphatic heterocycles. The predicted molar refractivity (Wildman–Crippen MR) is 49.9 cm³/mol. The zero-order chi connectivity index (χ0) is 9.14. The van der Waals surface area contributed by atoms with Crippen LogP contribution in [0.25, 0.3) is 0 Å². The highest BCUT2D eigenvalue weighted by molar-refractivity contribution is 5.26. The lowest BCUT2D eigenvalue weighted by atomic mass is 10.0. The summed E-state index contributed by atoms with van der Waals surface area (Å²) in [5.74, 6) is 0.342. The van der Waals surface area contributed by atoms with Gasteiger partial charge in [-0.2, -0.15) is 0 Å². The molecule has 0 amide bonds. The van der Waals surface area contributed by atoms with Gasteiger partial charge >= 0.3 is 0 Å². The summed E-state index contributed by atoms with van der Waals surface area (Å²) in [5.41, 5.74) is 1.88. The van der Waals surface area contributed by atoms with Crippen molar-refractivity contribution in [2.45, 2.75) is 33.1 Å². The fourth-order valence-electron chi connectivity index (χ4n) is 1.21. The Labute approximate surface area is 73.4 Å². The highest BCUT2D eigenvalue weighted by atomic mass is 19.1. The third kappa shape index (κ3) is 1.84.